The third-order valence-corrected chi connectivity index (χ3v) is 24.2. The van der Waals surface area contributed by atoms with Crippen LogP contribution in [0.1, 0.15) is 44.2 Å². The fraction of sp³-hybridized carbons (Fsp3) is 0.00971. The summed E-state index contributed by atoms with van der Waals surface area (Å²) in [5.41, 5.74) is 19.5. The molecule has 7 heteroatoms. The standard InChI is InChI=1S/C103H63BN4OS/c1-5-27-64(28-6-1)69-58-79(65-29-7-2-8-30-65)101(80(59-69)66-31-9-3-10-32-66)108-94-61-71(106-88-44-22-15-37-75(88)76-38-16-23-45-89(76)106)51-52-86(94)104-87-53-55-93-99(102(87)110-98-63-72(62-95(108)100(98)104)107-90-46-24-17-39-77(90)78-40-18-25-47-91(78)107)81-57-67(49-54-92(81)105(93)70-33-11-4-12-34-70)68-50-56-97-85(60-68)103(84-43-21-26-48-96(84)109-97)82-41-19-13-35-73(82)74-36-14-20-42-83(74)103/h1-63H/i15D,16D,17D,18D,22D,23D,24D,25D,37D,38D,39D,40D,44D,45D,46D,47D. The lowest BCUT2D eigenvalue weighted by atomic mass is 9.34. The lowest BCUT2D eigenvalue weighted by Gasteiger charge is -2.42. The average molecular weight is 1430 g/mol. The number of para-hydroxylation sites is 6. The number of rotatable bonds is 8. The van der Waals surface area contributed by atoms with Crippen LogP contribution in [0.2, 0.25) is 0 Å². The number of aromatic nitrogens is 3. The van der Waals surface area contributed by atoms with Crippen molar-refractivity contribution in [2.24, 2.45) is 0 Å². The maximum atomic E-state index is 10.1. The lowest BCUT2D eigenvalue weighted by molar-refractivity contribution is 0.436. The van der Waals surface area contributed by atoms with E-state index in [1.165, 1.54) is 16.3 Å². The molecule has 3 aromatic heterocycles. The molecule has 0 unspecified atom stereocenters. The minimum absolute atomic E-state index is 0.0864. The van der Waals surface area contributed by atoms with Crippen LogP contribution < -0.4 is 26.0 Å². The van der Waals surface area contributed by atoms with Gasteiger partial charge in [0.1, 0.15) is 11.5 Å². The first kappa shape index (κ1) is 47.7. The Morgan fingerprint density at radius 2 is 0.791 bits per heavy atom. The Morgan fingerprint density at radius 1 is 0.309 bits per heavy atom. The van der Waals surface area contributed by atoms with E-state index in [1.807, 2.05) is 140 Å². The zero-order valence-electron chi connectivity index (χ0n) is 74.3. The number of hydrogen-bond acceptors (Lipinski definition) is 3. The summed E-state index contributed by atoms with van der Waals surface area (Å²) >= 11 is 1.53. The molecule has 0 fully saturated rings. The first-order chi connectivity index (χ1) is 61.2. The zero-order chi connectivity index (χ0) is 85.8. The number of anilines is 3. The van der Waals surface area contributed by atoms with Crippen LogP contribution in [0.3, 0.4) is 0 Å². The third kappa shape index (κ3) is 8.66. The topological polar surface area (TPSA) is 27.3 Å². The Balaban J connectivity index is 0.855. The van der Waals surface area contributed by atoms with Crippen molar-refractivity contribution < 1.29 is 26.7 Å². The second-order valence-corrected chi connectivity index (χ2v) is 29.6. The number of nitrogens with zero attached hydrogens (tertiary/aromatic N) is 4. The van der Waals surface area contributed by atoms with Crippen LogP contribution >= 0.6 is 11.8 Å². The Hall–Kier alpha value is -13.8. The van der Waals surface area contributed by atoms with Gasteiger partial charge in [0, 0.05) is 92.8 Å². The molecule has 17 aromatic carbocycles. The van der Waals surface area contributed by atoms with Crippen LogP contribution in [0.5, 0.6) is 11.5 Å². The van der Waals surface area contributed by atoms with E-state index in [2.05, 4.69) is 155 Å². The summed E-state index contributed by atoms with van der Waals surface area (Å²) in [5.74, 6) is 1.51. The molecule has 0 bridgehead atoms. The summed E-state index contributed by atoms with van der Waals surface area (Å²) in [4.78, 5) is 3.71. The quantitative estimate of drug-likeness (QED) is 0.142. The highest BCUT2D eigenvalue weighted by Crippen LogP contribution is 2.63. The fourth-order valence-electron chi connectivity index (χ4n) is 18.6. The van der Waals surface area contributed by atoms with Crippen LogP contribution in [-0.4, -0.2) is 20.4 Å². The van der Waals surface area contributed by atoms with Gasteiger partial charge in [-0.2, -0.15) is 0 Å². The molecule has 1 spiro atoms. The summed E-state index contributed by atoms with van der Waals surface area (Å²) in [5, 5.41) is 1.38. The molecule has 5 nitrogen and oxygen atoms in total. The van der Waals surface area contributed by atoms with Crippen molar-refractivity contribution >= 4 is 117 Å². The maximum Gasteiger partial charge on any atom is 0.249 e. The highest BCUT2D eigenvalue weighted by molar-refractivity contribution is 8.00. The third-order valence-electron chi connectivity index (χ3n) is 23.0. The molecule has 0 N–H and O–H groups in total. The van der Waals surface area contributed by atoms with Gasteiger partial charge in [-0.25, -0.2) is 0 Å². The monoisotopic (exact) mass is 1430 g/mol. The molecular formula is C103H63BN4OS. The molecule has 3 aliphatic heterocycles. The largest absolute Gasteiger partial charge is 0.457 e. The molecule has 110 heavy (non-hydrogen) atoms. The first-order valence-electron chi connectivity index (χ1n) is 44.7. The molecule has 0 saturated heterocycles. The van der Waals surface area contributed by atoms with E-state index in [1.54, 1.807) is 4.57 Å². The summed E-state index contributed by atoms with van der Waals surface area (Å²) in [6, 6.07) is 89.0. The molecule has 1 aliphatic carbocycles. The van der Waals surface area contributed by atoms with Gasteiger partial charge in [-0.3, -0.25) is 0 Å². The Labute approximate surface area is 662 Å². The Bertz CT molecular complexity index is 8070. The minimum Gasteiger partial charge on any atom is -0.457 e. The van der Waals surface area contributed by atoms with Crippen molar-refractivity contribution in [2.75, 3.05) is 4.90 Å². The summed E-state index contributed by atoms with van der Waals surface area (Å²) in [6.07, 6.45) is 0. The predicted octanol–water partition coefficient (Wildman–Crippen LogP) is 24.9. The van der Waals surface area contributed by atoms with Crippen LogP contribution in [0, 0.1) is 0 Å². The van der Waals surface area contributed by atoms with E-state index < -0.39 is 109 Å². The van der Waals surface area contributed by atoms with E-state index in [-0.39, 0.29) is 55.0 Å². The van der Waals surface area contributed by atoms with Crippen LogP contribution in [0.4, 0.5) is 17.1 Å². The maximum absolute atomic E-state index is 10.1. The Morgan fingerprint density at radius 3 is 1.41 bits per heavy atom. The molecule has 24 rings (SSSR count). The average Bonchev–Trinajstić information content (AvgIpc) is 1.47. The van der Waals surface area contributed by atoms with Crippen molar-refractivity contribution in [3.63, 3.8) is 0 Å². The number of ether oxygens (including phenoxy) is 1. The summed E-state index contributed by atoms with van der Waals surface area (Å²) in [6.45, 7) is -0.746. The van der Waals surface area contributed by atoms with Crippen LogP contribution in [0.25, 0.3) is 138 Å². The summed E-state index contributed by atoms with van der Waals surface area (Å²) in [7, 11) is 0. The van der Waals surface area contributed by atoms with E-state index >= 15 is 0 Å². The van der Waals surface area contributed by atoms with E-state index in [0.29, 0.717) is 22.0 Å². The predicted molar refractivity (Wildman–Crippen MR) is 458 cm³/mol. The lowest BCUT2D eigenvalue weighted by Crippen LogP contribution is -2.60. The molecule has 510 valence electrons. The van der Waals surface area contributed by atoms with Gasteiger partial charge in [0.05, 0.1) is 66.1 Å². The number of benzene rings is 17. The second-order valence-electron chi connectivity index (χ2n) is 28.5. The molecule has 0 saturated carbocycles. The van der Waals surface area contributed by atoms with Gasteiger partial charge in [0.2, 0.25) is 6.71 Å². The van der Waals surface area contributed by atoms with Gasteiger partial charge >= 0.3 is 0 Å². The van der Waals surface area contributed by atoms with Gasteiger partial charge in [0.15, 0.2) is 0 Å². The van der Waals surface area contributed by atoms with Crippen molar-refractivity contribution in [1.82, 2.24) is 13.7 Å². The molecule has 4 aliphatic rings. The summed E-state index contributed by atoms with van der Waals surface area (Å²) < 4.78 is 166. The molecular weight excluding hydrogens is 1350 g/mol. The van der Waals surface area contributed by atoms with Gasteiger partial charge in [-0.1, -0.05) is 290 Å². The van der Waals surface area contributed by atoms with E-state index in [0.717, 1.165) is 138 Å². The van der Waals surface area contributed by atoms with Gasteiger partial charge in [0.25, 0.3) is 0 Å². The highest BCUT2D eigenvalue weighted by Gasteiger charge is 2.51. The van der Waals surface area contributed by atoms with Crippen molar-refractivity contribution in [2.45, 2.75) is 15.2 Å². The van der Waals surface area contributed by atoms with Gasteiger partial charge in [-0.15, -0.1) is 0 Å². The Kier molecular flexibility index (Phi) is 10.2. The smallest absolute Gasteiger partial charge is 0.249 e. The minimum atomic E-state index is -0.768. The molecule has 0 amide bonds. The van der Waals surface area contributed by atoms with E-state index in [4.69, 9.17) is 7.48 Å². The second kappa shape index (κ2) is 23.6. The molecule has 20 aromatic rings. The van der Waals surface area contributed by atoms with E-state index in [9.17, 15) is 19.2 Å². The van der Waals surface area contributed by atoms with Crippen molar-refractivity contribution in [1.29, 1.82) is 0 Å². The fourth-order valence-corrected chi connectivity index (χ4v) is 19.9. The highest BCUT2D eigenvalue weighted by atomic mass is 32.2. The van der Waals surface area contributed by atoms with Gasteiger partial charge in [-0.05, 0) is 176 Å². The van der Waals surface area contributed by atoms with Crippen LogP contribution in [-0.2, 0) is 5.41 Å². The molecule has 0 radical (unpaired) electrons. The van der Waals surface area contributed by atoms with Crippen molar-refractivity contribution in [3.8, 4) is 84.2 Å². The number of hydrogen-bond donors (Lipinski definition) is 0. The van der Waals surface area contributed by atoms with Crippen LogP contribution in [0.15, 0.2) is 392 Å². The SMILES string of the molecule is [2H]c1c([2H])c([2H])c2c(c1[2H])c1c([2H])c([2H])c([2H])c([2H])c1n2-c1ccc2c(c1)N(c1c(-c3ccccc3)cc(-c3ccccc3)cc1-c1ccccc1)c1cc(-n3c4c([2H])c([2H])c([2H])c([2H])c4c4c([2H])c([2H])c([2H])c([2H])c43)cc3c1B2c1ccc2c(c1S3)c1cc(-c3ccc4c(c3)C3(c5ccccc5O4)c4ccccc4-c4ccccc43)ccc1n2-c1ccccc1. The van der Waals surface area contributed by atoms with Gasteiger partial charge < -0.3 is 23.3 Å². The van der Waals surface area contributed by atoms with Crippen molar-refractivity contribution in [3.05, 3.63) is 404 Å². The first-order valence-corrected chi connectivity index (χ1v) is 37.5. The number of fused-ring (bicyclic) bond motifs is 23. The molecule has 6 heterocycles. The zero-order valence-corrected chi connectivity index (χ0v) is 59.1. The molecule has 0 atom stereocenters. The normalized spacial score (nSPS) is 15.4.